The molecule has 218 valence electrons. The van der Waals surface area contributed by atoms with Crippen LogP contribution in [0, 0.1) is 0 Å². The molecule has 3 atom stereocenters. The fourth-order valence-electron chi connectivity index (χ4n) is 3.68. The van der Waals surface area contributed by atoms with E-state index in [1.54, 1.807) is 81.4 Å². The summed E-state index contributed by atoms with van der Waals surface area (Å²) in [6.45, 7) is 4.95. The number of halogens is 3. The van der Waals surface area contributed by atoms with Crippen LogP contribution in [0.25, 0.3) is 0 Å². The highest BCUT2D eigenvalue weighted by molar-refractivity contribution is 5.93. The highest BCUT2D eigenvalue weighted by atomic mass is 19.4. The predicted octanol–water partition coefficient (Wildman–Crippen LogP) is 3.76. The Morgan fingerprint density at radius 1 is 0.750 bits per heavy atom. The number of carboxylic acids is 1. The van der Waals surface area contributed by atoms with Crippen LogP contribution in [0.2, 0.25) is 0 Å². The first-order chi connectivity index (χ1) is 18.6. The number of rotatable bonds is 12. The first kappa shape index (κ1) is 32.1. The third kappa shape index (κ3) is 12.2. The van der Waals surface area contributed by atoms with Crippen LogP contribution < -0.4 is 16.0 Å². The molecule has 0 radical (unpaired) electrons. The van der Waals surface area contributed by atoms with E-state index in [2.05, 4.69) is 16.0 Å². The van der Waals surface area contributed by atoms with Gasteiger partial charge in [-0.15, -0.1) is 0 Å². The fourth-order valence-corrected chi connectivity index (χ4v) is 3.68. The zero-order valence-corrected chi connectivity index (χ0v) is 22.5. The van der Waals surface area contributed by atoms with E-state index in [4.69, 9.17) is 4.74 Å². The van der Waals surface area contributed by atoms with Crippen LogP contribution in [0.15, 0.2) is 60.7 Å². The van der Waals surface area contributed by atoms with Gasteiger partial charge in [-0.05, 0) is 38.3 Å². The third-order valence-electron chi connectivity index (χ3n) is 5.54. The number of aliphatic carboxylic acids is 1. The number of nitrogens with one attached hydrogen (secondary N) is 3. The fraction of sp³-hybridized carbons (Fsp3) is 0.429. The first-order valence-electron chi connectivity index (χ1n) is 12.6. The van der Waals surface area contributed by atoms with Crippen molar-refractivity contribution in [1.82, 2.24) is 16.0 Å². The molecule has 0 heterocycles. The maximum Gasteiger partial charge on any atom is 0.408 e. The van der Waals surface area contributed by atoms with E-state index in [9.17, 15) is 37.5 Å². The van der Waals surface area contributed by atoms with Gasteiger partial charge in [0.25, 0.3) is 0 Å². The summed E-state index contributed by atoms with van der Waals surface area (Å²) in [5.74, 6) is -3.40. The number of hydrogen-bond donors (Lipinski definition) is 4. The summed E-state index contributed by atoms with van der Waals surface area (Å²) in [4.78, 5) is 50.6. The van der Waals surface area contributed by atoms with E-state index in [1.807, 2.05) is 0 Å². The van der Waals surface area contributed by atoms with E-state index in [0.29, 0.717) is 11.1 Å². The lowest BCUT2D eigenvalue weighted by molar-refractivity contribution is -0.148. The smallest absolute Gasteiger partial charge is 0.408 e. The lowest BCUT2D eigenvalue weighted by atomic mass is 10.0. The van der Waals surface area contributed by atoms with Crippen LogP contribution >= 0.6 is 0 Å². The molecule has 1 unspecified atom stereocenters. The summed E-state index contributed by atoms with van der Waals surface area (Å²) in [6, 6.07) is 12.8. The van der Waals surface area contributed by atoms with Gasteiger partial charge in [-0.3, -0.25) is 9.59 Å². The van der Waals surface area contributed by atoms with Crippen molar-refractivity contribution in [3.63, 3.8) is 0 Å². The third-order valence-corrected chi connectivity index (χ3v) is 5.54. The molecule has 0 saturated heterocycles. The molecule has 4 N–H and O–H groups in total. The average Bonchev–Trinajstić information content (AvgIpc) is 2.85. The molecule has 0 bridgehead atoms. The molecule has 0 aliphatic rings. The Morgan fingerprint density at radius 3 is 1.57 bits per heavy atom. The summed E-state index contributed by atoms with van der Waals surface area (Å²) in [5.41, 5.74) is 0.446. The molecule has 0 aliphatic carbocycles. The highest BCUT2D eigenvalue weighted by Crippen LogP contribution is 2.22. The van der Waals surface area contributed by atoms with Crippen LogP contribution in [0.1, 0.15) is 44.7 Å². The van der Waals surface area contributed by atoms with Crippen molar-refractivity contribution in [2.75, 3.05) is 0 Å². The van der Waals surface area contributed by atoms with Gasteiger partial charge in [-0.2, -0.15) is 13.2 Å². The van der Waals surface area contributed by atoms with Crippen molar-refractivity contribution in [3.8, 4) is 0 Å². The summed E-state index contributed by atoms with van der Waals surface area (Å²) < 4.78 is 43.4. The van der Waals surface area contributed by atoms with E-state index in [0.717, 1.165) is 0 Å². The molecule has 9 nitrogen and oxygen atoms in total. The molecule has 0 aromatic heterocycles. The van der Waals surface area contributed by atoms with Crippen molar-refractivity contribution in [1.29, 1.82) is 0 Å². The lowest BCUT2D eigenvalue weighted by Gasteiger charge is -2.26. The quantitative estimate of drug-likeness (QED) is 0.310. The van der Waals surface area contributed by atoms with Crippen LogP contribution in [-0.4, -0.2) is 58.9 Å². The van der Waals surface area contributed by atoms with Gasteiger partial charge in [-0.1, -0.05) is 60.7 Å². The number of hydrogen-bond acceptors (Lipinski definition) is 5. The average molecular weight is 566 g/mol. The molecule has 2 aromatic carbocycles. The molecule has 3 amide bonds. The highest BCUT2D eigenvalue weighted by Gasteiger charge is 2.34. The number of alkyl halides is 3. The molecule has 40 heavy (non-hydrogen) atoms. The van der Waals surface area contributed by atoms with Gasteiger partial charge >= 0.3 is 18.2 Å². The van der Waals surface area contributed by atoms with E-state index >= 15 is 0 Å². The van der Waals surface area contributed by atoms with Crippen molar-refractivity contribution in [3.05, 3.63) is 71.8 Å². The lowest BCUT2D eigenvalue weighted by Crippen LogP contribution is -2.57. The Hall–Kier alpha value is -4.09. The van der Waals surface area contributed by atoms with Crippen molar-refractivity contribution < 1.29 is 42.2 Å². The standard InChI is InChI=1S/C28H34F3N3O6/c1-27(2,3)40-26(39)34-22(17-19-12-8-5-9-13-19)24(36)33-21(16-18-10-6-4-7-11-18)23(35)32-20(25(37)38)14-15-28(29,30)31/h4-13,20-22H,14-17H2,1-3H3,(H,32,35)(H,33,36)(H,34,39)(H,37,38)/t20?,21-,22-/m1/s1. The Balaban J connectivity index is 2.29. The minimum atomic E-state index is -4.62. The van der Waals surface area contributed by atoms with Crippen LogP contribution in [0.4, 0.5) is 18.0 Å². The maximum absolute atomic E-state index is 13.4. The van der Waals surface area contributed by atoms with Gasteiger partial charge in [-0.25, -0.2) is 9.59 Å². The van der Waals surface area contributed by atoms with Gasteiger partial charge < -0.3 is 25.8 Å². The molecule has 0 saturated carbocycles. The van der Waals surface area contributed by atoms with E-state index < -0.39 is 66.6 Å². The summed E-state index contributed by atoms with van der Waals surface area (Å²) in [6.07, 6.45) is -7.84. The van der Waals surface area contributed by atoms with E-state index in [1.165, 1.54) is 0 Å². The van der Waals surface area contributed by atoms with Crippen molar-refractivity contribution >= 4 is 23.9 Å². The van der Waals surface area contributed by atoms with Gasteiger partial charge in [0.2, 0.25) is 11.8 Å². The van der Waals surface area contributed by atoms with Crippen LogP contribution in [0.5, 0.6) is 0 Å². The summed E-state index contributed by atoms with van der Waals surface area (Å²) in [7, 11) is 0. The second kappa shape index (κ2) is 14.3. The molecule has 0 spiro atoms. The number of alkyl carbamates (subject to hydrolysis) is 1. The van der Waals surface area contributed by atoms with Gasteiger partial charge in [0.15, 0.2) is 0 Å². The van der Waals surface area contributed by atoms with E-state index in [-0.39, 0.29) is 12.8 Å². The maximum atomic E-state index is 13.4. The Kier molecular flexibility index (Phi) is 11.5. The molecular weight excluding hydrogens is 531 g/mol. The molecule has 2 rings (SSSR count). The SMILES string of the molecule is CC(C)(C)OC(=O)N[C@H](Cc1ccccc1)C(=O)N[C@H](Cc1ccccc1)C(=O)NC(CCC(F)(F)F)C(=O)O. The molecule has 2 aromatic rings. The van der Waals surface area contributed by atoms with Gasteiger partial charge in [0.1, 0.15) is 23.7 Å². The number of carboxylic acid groups (broad SMARTS) is 1. The minimum absolute atomic E-state index is 0.0366. The summed E-state index contributed by atoms with van der Waals surface area (Å²) >= 11 is 0. The second-order valence-electron chi connectivity index (χ2n) is 10.2. The van der Waals surface area contributed by atoms with Gasteiger partial charge in [0.05, 0.1) is 0 Å². The first-order valence-corrected chi connectivity index (χ1v) is 12.6. The van der Waals surface area contributed by atoms with Crippen LogP contribution in [0.3, 0.4) is 0 Å². The number of ether oxygens (including phenoxy) is 1. The Labute approximate surface area is 230 Å². The molecular formula is C28H34F3N3O6. The predicted molar refractivity (Wildman–Crippen MR) is 140 cm³/mol. The molecule has 12 heteroatoms. The second-order valence-corrected chi connectivity index (χ2v) is 10.2. The normalized spacial score (nSPS) is 13.8. The Morgan fingerprint density at radius 2 is 1.18 bits per heavy atom. The van der Waals surface area contributed by atoms with Crippen LogP contribution in [-0.2, 0) is 32.0 Å². The minimum Gasteiger partial charge on any atom is -0.480 e. The topological polar surface area (TPSA) is 134 Å². The number of benzene rings is 2. The monoisotopic (exact) mass is 565 g/mol. The Bertz CT molecular complexity index is 1140. The summed E-state index contributed by atoms with van der Waals surface area (Å²) in [5, 5.41) is 16.5. The van der Waals surface area contributed by atoms with Gasteiger partial charge in [0, 0.05) is 19.3 Å². The number of amides is 3. The number of carbonyl (C=O) groups excluding carboxylic acids is 3. The largest absolute Gasteiger partial charge is 0.480 e. The number of carbonyl (C=O) groups is 4. The zero-order valence-electron chi connectivity index (χ0n) is 22.5. The van der Waals surface area contributed by atoms with Crippen molar-refractivity contribution in [2.45, 2.75) is 76.4 Å². The molecule has 0 aliphatic heterocycles. The molecule has 0 fully saturated rings. The van der Waals surface area contributed by atoms with Crippen molar-refractivity contribution in [2.24, 2.45) is 0 Å². The zero-order chi connectivity index (χ0) is 29.9.